The van der Waals surface area contributed by atoms with Crippen LogP contribution >= 0.6 is 0 Å². The summed E-state index contributed by atoms with van der Waals surface area (Å²) in [5.41, 5.74) is 4.15. The Morgan fingerprint density at radius 3 is 2.52 bits per heavy atom. The third-order valence-electron chi connectivity index (χ3n) is 5.86. The molecular formula is C24H28BN2+. The van der Waals surface area contributed by atoms with Crippen molar-refractivity contribution in [2.24, 2.45) is 13.0 Å². The second-order valence-corrected chi connectivity index (χ2v) is 8.18. The van der Waals surface area contributed by atoms with Gasteiger partial charge in [0.1, 0.15) is 5.52 Å². The molecule has 0 atom stereocenters. The summed E-state index contributed by atoms with van der Waals surface area (Å²) in [6.07, 6.45) is 3.41. The molecule has 0 amide bonds. The number of hydrogen-bond acceptors (Lipinski definition) is 1. The molecule has 1 aliphatic heterocycles. The molecule has 4 rings (SSSR count). The highest BCUT2D eigenvalue weighted by molar-refractivity contribution is 6.80. The lowest BCUT2D eigenvalue weighted by molar-refractivity contribution is -0.631. The predicted molar refractivity (Wildman–Crippen MR) is 117 cm³/mol. The Bertz CT molecular complexity index is 1130. The van der Waals surface area contributed by atoms with Crippen LogP contribution in [-0.4, -0.2) is 6.85 Å². The van der Waals surface area contributed by atoms with E-state index in [2.05, 4.69) is 105 Å². The number of rotatable bonds is 3. The molecule has 0 spiro atoms. The van der Waals surface area contributed by atoms with Gasteiger partial charge >= 0.3 is 6.85 Å². The molecule has 0 aliphatic carbocycles. The van der Waals surface area contributed by atoms with Crippen LogP contribution in [0.5, 0.6) is 0 Å². The van der Waals surface area contributed by atoms with Gasteiger partial charge in [-0.2, -0.15) is 0 Å². The van der Waals surface area contributed by atoms with Crippen LogP contribution in [0.1, 0.15) is 26.3 Å². The second kappa shape index (κ2) is 6.88. The molecule has 1 aromatic heterocycles. The van der Waals surface area contributed by atoms with Crippen molar-refractivity contribution in [1.29, 1.82) is 0 Å². The minimum atomic E-state index is 0.333. The minimum absolute atomic E-state index is 0.333. The van der Waals surface area contributed by atoms with Crippen LogP contribution in [-0.2, 0) is 13.5 Å². The largest absolute Gasteiger partial charge is 0.405 e. The molecule has 2 nitrogen and oxygen atoms in total. The van der Waals surface area contributed by atoms with Gasteiger partial charge in [-0.25, -0.2) is 4.57 Å². The molecule has 0 saturated carbocycles. The van der Waals surface area contributed by atoms with E-state index in [1.54, 1.807) is 0 Å². The molecular weight excluding hydrogens is 327 g/mol. The Labute approximate surface area is 162 Å². The number of para-hydroxylation sites is 1. The maximum Gasteiger partial charge on any atom is 0.405 e. The number of nitrogens with zero attached hydrogens (tertiary/aromatic N) is 2. The minimum Gasteiger partial charge on any atom is -0.293 e. The molecule has 2 aromatic carbocycles. The zero-order valence-electron chi connectivity index (χ0n) is 17.0. The first-order chi connectivity index (χ1) is 13.0. The van der Waals surface area contributed by atoms with Gasteiger partial charge in [-0.3, -0.25) is 4.81 Å². The lowest BCUT2D eigenvalue weighted by atomic mass is 9.55. The third-order valence-corrected chi connectivity index (χ3v) is 5.86. The lowest BCUT2D eigenvalue weighted by Gasteiger charge is -2.24. The molecule has 27 heavy (non-hydrogen) atoms. The molecule has 0 saturated heterocycles. The Hall–Kier alpha value is -2.55. The molecule has 3 heteroatoms. The van der Waals surface area contributed by atoms with Crippen molar-refractivity contribution in [1.82, 2.24) is 0 Å². The van der Waals surface area contributed by atoms with Crippen LogP contribution in [0.25, 0.3) is 22.6 Å². The van der Waals surface area contributed by atoms with E-state index in [9.17, 15) is 0 Å². The summed E-state index contributed by atoms with van der Waals surface area (Å²) in [5.74, 6) is 1.89. The van der Waals surface area contributed by atoms with Gasteiger partial charge in [0.2, 0.25) is 0 Å². The summed E-state index contributed by atoms with van der Waals surface area (Å²) in [5, 5.41) is 4.03. The number of pyridine rings is 1. The van der Waals surface area contributed by atoms with Gasteiger partial charge in [-0.15, -0.1) is 0 Å². The smallest absolute Gasteiger partial charge is 0.293 e. The van der Waals surface area contributed by atoms with Gasteiger partial charge < -0.3 is 0 Å². The van der Waals surface area contributed by atoms with Crippen LogP contribution < -0.4 is 19.8 Å². The van der Waals surface area contributed by atoms with Crippen molar-refractivity contribution in [2.45, 2.75) is 34.0 Å². The van der Waals surface area contributed by atoms with E-state index < -0.39 is 0 Å². The van der Waals surface area contributed by atoms with E-state index in [0.29, 0.717) is 12.8 Å². The van der Waals surface area contributed by atoms with Gasteiger partial charge in [0.15, 0.2) is 0 Å². The number of aryl methyl sites for hydroxylation is 1. The standard InChI is InChI=1S/C24H28BN2/c1-17(2)14-20-15-24(26(5)23-13-9-8-12-22(20)23)27-16-19-10-6-7-11-21(19)18(3)25(27)4/h6-13,15-17H,14H2,1-5H3/q+1. The van der Waals surface area contributed by atoms with Crippen molar-refractivity contribution in [3.63, 3.8) is 0 Å². The summed E-state index contributed by atoms with van der Waals surface area (Å²) >= 11 is 0. The fourth-order valence-electron chi connectivity index (χ4n) is 4.28. The van der Waals surface area contributed by atoms with Gasteiger partial charge in [0.05, 0.1) is 13.2 Å². The maximum atomic E-state index is 2.44. The summed E-state index contributed by atoms with van der Waals surface area (Å²) < 4.78 is 2.34. The fraction of sp³-hybridized carbons (Fsp3) is 0.292. The number of anilines is 1. The quantitative estimate of drug-likeness (QED) is 0.516. The molecule has 0 unspecified atom stereocenters. The molecule has 0 radical (unpaired) electrons. The highest BCUT2D eigenvalue weighted by Crippen LogP contribution is 2.26. The van der Waals surface area contributed by atoms with Crippen molar-refractivity contribution in [3.8, 4) is 0 Å². The van der Waals surface area contributed by atoms with Crippen LogP contribution in [0.15, 0.2) is 54.6 Å². The average Bonchev–Trinajstić information content (AvgIpc) is 2.67. The van der Waals surface area contributed by atoms with Crippen molar-refractivity contribution in [2.75, 3.05) is 4.81 Å². The normalized spacial score (nSPS) is 13.9. The van der Waals surface area contributed by atoms with Crippen molar-refractivity contribution in [3.05, 3.63) is 70.6 Å². The zero-order valence-corrected chi connectivity index (χ0v) is 17.0. The first-order valence-corrected chi connectivity index (χ1v) is 9.94. The predicted octanol–water partition coefficient (Wildman–Crippen LogP) is 3.45. The summed E-state index contributed by atoms with van der Waals surface area (Å²) in [6.45, 7) is 9.49. The fourth-order valence-corrected chi connectivity index (χ4v) is 4.28. The highest BCUT2D eigenvalue weighted by Gasteiger charge is 2.32. The maximum absolute atomic E-state index is 2.44. The first-order valence-electron chi connectivity index (χ1n) is 9.94. The molecule has 0 N–H and O–H groups in total. The Balaban J connectivity index is 1.97. The molecule has 0 fully saturated rings. The number of hydrogen-bond donors (Lipinski definition) is 0. The molecule has 0 bridgehead atoms. The third kappa shape index (κ3) is 3.05. The van der Waals surface area contributed by atoms with Gasteiger partial charge in [0, 0.05) is 16.7 Å². The van der Waals surface area contributed by atoms with E-state index in [0.717, 1.165) is 6.42 Å². The number of fused-ring (bicyclic) bond motifs is 2. The van der Waals surface area contributed by atoms with Gasteiger partial charge in [-0.1, -0.05) is 56.3 Å². The Morgan fingerprint density at radius 1 is 1.04 bits per heavy atom. The number of benzene rings is 2. The number of aromatic nitrogens is 1. The molecule has 136 valence electrons. The Morgan fingerprint density at radius 2 is 1.74 bits per heavy atom. The van der Waals surface area contributed by atoms with Crippen LogP contribution in [0, 0.1) is 5.92 Å². The Kier molecular flexibility index (Phi) is 4.55. The lowest BCUT2D eigenvalue weighted by Crippen LogP contribution is -2.50. The van der Waals surface area contributed by atoms with Crippen LogP contribution in [0.3, 0.4) is 0 Å². The molecule has 1 aliphatic rings. The molecule has 3 aromatic rings. The van der Waals surface area contributed by atoms with Crippen molar-refractivity contribution >= 4 is 35.2 Å². The SMILES string of the molecule is CB1C(C)=c2ccccc2=CN1c1cc(CC(C)C)c2ccccc2[n+]1C. The van der Waals surface area contributed by atoms with E-state index in [-0.39, 0.29) is 0 Å². The van der Waals surface area contributed by atoms with E-state index in [1.807, 2.05) is 0 Å². The highest BCUT2D eigenvalue weighted by atomic mass is 15.2. The first kappa shape index (κ1) is 17.8. The summed E-state index contributed by atoms with van der Waals surface area (Å²) in [4.78, 5) is 2.44. The van der Waals surface area contributed by atoms with Gasteiger partial charge in [0.25, 0.3) is 5.82 Å². The summed E-state index contributed by atoms with van der Waals surface area (Å²) in [6, 6.07) is 19.9. The average molecular weight is 355 g/mol. The van der Waals surface area contributed by atoms with Crippen LogP contribution in [0.2, 0.25) is 6.82 Å². The van der Waals surface area contributed by atoms with Crippen molar-refractivity contribution < 1.29 is 4.57 Å². The summed E-state index contributed by atoms with van der Waals surface area (Å²) in [7, 11) is 2.19. The molecule has 2 heterocycles. The van der Waals surface area contributed by atoms with E-state index in [4.69, 9.17) is 0 Å². The topological polar surface area (TPSA) is 7.12 Å². The van der Waals surface area contributed by atoms with E-state index in [1.165, 1.54) is 38.2 Å². The second-order valence-electron chi connectivity index (χ2n) is 8.18. The zero-order chi connectivity index (χ0) is 19.1. The van der Waals surface area contributed by atoms with Crippen LogP contribution in [0.4, 0.5) is 5.82 Å². The van der Waals surface area contributed by atoms with E-state index >= 15 is 0 Å². The monoisotopic (exact) mass is 355 g/mol. The van der Waals surface area contributed by atoms with Gasteiger partial charge in [-0.05, 0) is 48.4 Å².